The third kappa shape index (κ3) is 6.09. The summed E-state index contributed by atoms with van der Waals surface area (Å²) in [4.78, 5) is 11.4. The first-order valence-electron chi connectivity index (χ1n) is 9.49. The van der Waals surface area contributed by atoms with Crippen LogP contribution >= 0.6 is 0 Å². The Morgan fingerprint density at radius 1 is 1.04 bits per heavy atom. The van der Waals surface area contributed by atoms with Gasteiger partial charge >= 0.3 is 5.97 Å². The fourth-order valence-electron chi connectivity index (χ4n) is 3.03. The van der Waals surface area contributed by atoms with Gasteiger partial charge in [-0.3, -0.25) is 4.79 Å². The van der Waals surface area contributed by atoms with Crippen LogP contribution in [0.5, 0.6) is 17.2 Å². The molecule has 0 radical (unpaired) electrons. The Morgan fingerprint density at radius 2 is 1.62 bits per heavy atom. The van der Waals surface area contributed by atoms with Gasteiger partial charge in [-0.2, -0.15) is 0 Å². The molecule has 0 fully saturated rings. The summed E-state index contributed by atoms with van der Waals surface area (Å²) >= 11 is 0. The number of ether oxygens (including phenoxy) is 3. The van der Waals surface area contributed by atoms with Crippen LogP contribution in [0, 0.1) is 11.8 Å². The van der Waals surface area contributed by atoms with Gasteiger partial charge in [0.1, 0.15) is 5.75 Å². The minimum Gasteiger partial charge on any atom is -0.493 e. The van der Waals surface area contributed by atoms with Crippen LogP contribution in [0.2, 0.25) is 0 Å². The molecule has 1 aromatic carbocycles. The number of hydrogen-bond acceptors (Lipinski definition) is 5. The van der Waals surface area contributed by atoms with Crippen molar-refractivity contribution in [2.45, 2.75) is 47.0 Å². The van der Waals surface area contributed by atoms with Crippen LogP contribution in [0.4, 0.5) is 0 Å². The maximum Gasteiger partial charge on any atom is 0.307 e. The highest BCUT2D eigenvalue weighted by atomic mass is 16.5. The molecule has 1 rings (SSSR count). The van der Waals surface area contributed by atoms with E-state index < -0.39 is 11.9 Å². The monoisotopic (exact) mass is 367 g/mol. The second-order valence-corrected chi connectivity index (χ2v) is 6.15. The van der Waals surface area contributed by atoms with E-state index in [4.69, 9.17) is 19.9 Å². The molecule has 0 saturated heterocycles. The Hall–Kier alpha value is -1.95. The molecule has 0 aliphatic heterocycles. The van der Waals surface area contributed by atoms with Crippen LogP contribution in [0.1, 0.15) is 46.1 Å². The average molecular weight is 367 g/mol. The van der Waals surface area contributed by atoms with Crippen molar-refractivity contribution in [3.8, 4) is 17.2 Å². The standard InChI is InChI=1S/C20H33NO5/c1-5-14(11-15(13-21)20(22)23)12-16-17(24-6-2)9-10-18(25-7-3)19(16)26-8-4/h9-10,14-15H,5-8,11-13,21H2,1-4H3,(H,22,23). The van der Waals surface area contributed by atoms with Crippen LogP contribution in [-0.2, 0) is 11.2 Å². The summed E-state index contributed by atoms with van der Waals surface area (Å²) in [5.41, 5.74) is 6.58. The summed E-state index contributed by atoms with van der Waals surface area (Å²) in [6.07, 6.45) is 2.03. The zero-order valence-corrected chi connectivity index (χ0v) is 16.4. The topological polar surface area (TPSA) is 91.0 Å². The summed E-state index contributed by atoms with van der Waals surface area (Å²) < 4.78 is 17.4. The third-order valence-corrected chi connectivity index (χ3v) is 4.39. The lowest BCUT2D eigenvalue weighted by molar-refractivity contribution is -0.142. The van der Waals surface area contributed by atoms with Gasteiger partial charge in [0.05, 0.1) is 25.7 Å². The average Bonchev–Trinajstić information content (AvgIpc) is 2.62. The summed E-state index contributed by atoms with van der Waals surface area (Å²) in [6.45, 7) is 9.60. The molecule has 3 N–H and O–H groups in total. The normalized spacial score (nSPS) is 13.1. The molecule has 6 nitrogen and oxygen atoms in total. The fourth-order valence-corrected chi connectivity index (χ4v) is 3.03. The number of hydrogen-bond donors (Lipinski definition) is 2. The van der Waals surface area contributed by atoms with E-state index in [2.05, 4.69) is 6.92 Å². The Kier molecular flexibility index (Phi) is 9.88. The van der Waals surface area contributed by atoms with Gasteiger partial charge in [0.15, 0.2) is 11.5 Å². The summed E-state index contributed by atoms with van der Waals surface area (Å²) in [5.74, 6) is 0.923. The van der Waals surface area contributed by atoms with Crippen molar-refractivity contribution in [1.29, 1.82) is 0 Å². The lowest BCUT2D eigenvalue weighted by Crippen LogP contribution is -2.26. The Bertz CT molecular complexity index is 561. The number of carboxylic acids is 1. The second kappa shape index (κ2) is 11.6. The van der Waals surface area contributed by atoms with Gasteiger partial charge < -0.3 is 25.1 Å². The largest absolute Gasteiger partial charge is 0.493 e. The summed E-state index contributed by atoms with van der Waals surface area (Å²) in [7, 11) is 0. The molecule has 2 atom stereocenters. The maximum absolute atomic E-state index is 11.4. The van der Waals surface area contributed by atoms with E-state index in [1.54, 1.807) is 0 Å². The number of nitrogens with two attached hydrogens (primary N) is 1. The predicted octanol–water partition coefficient (Wildman–Crippen LogP) is 3.50. The maximum atomic E-state index is 11.4. The van der Waals surface area contributed by atoms with E-state index in [0.29, 0.717) is 44.2 Å². The van der Waals surface area contributed by atoms with E-state index in [0.717, 1.165) is 17.7 Å². The first-order chi connectivity index (χ1) is 12.5. The molecule has 2 unspecified atom stereocenters. The van der Waals surface area contributed by atoms with Crippen LogP contribution in [-0.4, -0.2) is 37.4 Å². The van der Waals surface area contributed by atoms with E-state index >= 15 is 0 Å². The van der Waals surface area contributed by atoms with Gasteiger partial charge in [-0.05, 0) is 51.7 Å². The fraction of sp³-hybridized carbons (Fsp3) is 0.650. The molecular weight excluding hydrogens is 334 g/mol. The lowest BCUT2D eigenvalue weighted by atomic mass is 9.87. The smallest absolute Gasteiger partial charge is 0.307 e. The highest BCUT2D eigenvalue weighted by Crippen LogP contribution is 2.40. The molecule has 0 amide bonds. The molecule has 6 heteroatoms. The zero-order valence-electron chi connectivity index (χ0n) is 16.4. The molecule has 0 aromatic heterocycles. The highest BCUT2D eigenvalue weighted by Gasteiger charge is 2.24. The van der Waals surface area contributed by atoms with Crippen LogP contribution in [0.25, 0.3) is 0 Å². The Balaban J connectivity index is 3.22. The van der Waals surface area contributed by atoms with Gasteiger partial charge in [-0.25, -0.2) is 0 Å². The van der Waals surface area contributed by atoms with Crippen molar-refractivity contribution in [1.82, 2.24) is 0 Å². The van der Waals surface area contributed by atoms with Crippen molar-refractivity contribution in [3.05, 3.63) is 17.7 Å². The van der Waals surface area contributed by atoms with Crippen molar-refractivity contribution in [2.24, 2.45) is 17.6 Å². The molecule has 0 aliphatic rings. The van der Waals surface area contributed by atoms with E-state index in [1.807, 2.05) is 32.9 Å². The van der Waals surface area contributed by atoms with Gasteiger partial charge in [0.2, 0.25) is 0 Å². The molecule has 148 valence electrons. The SMILES string of the molecule is CCOc1ccc(OCC)c(OCC)c1CC(CC)CC(CN)C(=O)O. The van der Waals surface area contributed by atoms with Crippen LogP contribution in [0.15, 0.2) is 12.1 Å². The number of aliphatic carboxylic acids is 1. The molecule has 0 spiro atoms. The van der Waals surface area contributed by atoms with Gasteiger partial charge in [-0.1, -0.05) is 13.3 Å². The molecule has 0 aliphatic carbocycles. The summed E-state index contributed by atoms with van der Waals surface area (Å²) in [6, 6.07) is 3.76. The van der Waals surface area contributed by atoms with E-state index in [9.17, 15) is 9.90 Å². The second-order valence-electron chi connectivity index (χ2n) is 6.15. The molecule has 0 saturated carbocycles. The van der Waals surface area contributed by atoms with E-state index in [1.165, 1.54) is 0 Å². The van der Waals surface area contributed by atoms with Crippen molar-refractivity contribution in [3.63, 3.8) is 0 Å². The molecule has 1 aromatic rings. The van der Waals surface area contributed by atoms with Gasteiger partial charge in [0.25, 0.3) is 0 Å². The number of rotatable bonds is 13. The minimum absolute atomic E-state index is 0.140. The molecular formula is C20H33NO5. The van der Waals surface area contributed by atoms with Crippen molar-refractivity contribution < 1.29 is 24.1 Å². The van der Waals surface area contributed by atoms with Crippen LogP contribution in [0.3, 0.4) is 0 Å². The molecule has 0 bridgehead atoms. The Labute approximate surface area is 156 Å². The highest BCUT2D eigenvalue weighted by molar-refractivity contribution is 5.70. The third-order valence-electron chi connectivity index (χ3n) is 4.39. The first-order valence-corrected chi connectivity index (χ1v) is 9.49. The quantitative estimate of drug-likeness (QED) is 0.554. The molecule has 0 heterocycles. The lowest BCUT2D eigenvalue weighted by Gasteiger charge is -2.23. The van der Waals surface area contributed by atoms with Gasteiger partial charge in [-0.15, -0.1) is 0 Å². The van der Waals surface area contributed by atoms with Crippen molar-refractivity contribution >= 4 is 5.97 Å². The molecule has 26 heavy (non-hydrogen) atoms. The minimum atomic E-state index is -0.843. The number of benzene rings is 1. The van der Waals surface area contributed by atoms with Gasteiger partial charge in [0, 0.05) is 12.1 Å². The summed E-state index contributed by atoms with van der Waals surface area (Å²) in [5, 5.41) is 9.33. The van der Waals surface area contributed by atoms with Crippen molar-refractivity contribution in [2.75, 3.05) is 26.4 Å². The Morgan fingerprint density at radius 3 is 2.12 bits per heavy atom. The zero-order chi connectivity index (χ0) is 19.5. The first kappa shape index (κ1) is 22.1. The number of carbonyl (C=O) groups is 1. The van der Waals surface area contributed by atoms with Crippen LogP contribution < -0.4 is 19.9 Å². The van der Waals surface area contributed by atoms with E-state index in [-0.39, 0.29) is 12.5 Å². The predicted molar refractivity (Wildman–Crippen MR) is 102 cm³/mol. The number of carboxylic acid groups (broad SMARTS) is 1.